The number of benzene rings is 3. The molecule has 2 aliphatic heterocycles. The van der Waals surface area contributed by atoms with Crippen LogP contribution in [0.15, 0.2) is 92.6 Å². The van der Waals surface area contributed by atoms with Crippen LogP contribution in [0.25, 0.3) is 0 Å². The van der Waals surface area contributed by atoms with E-state index < -0.39 is 4.92 Å². The highest BCUT2D eigenvalue weighted by atomic mass is 32.2. The minimum atomic E-state index is -0.442. The molecule has 2 aliphatic rings. The molecule has 0 atom stereocenters. The van der Waals surface area contributed by atoms with Crippen LogP contribution in [-0.4, -0.2) is 34.5 Å². The van der Waals surface area contributed by atoms with Gasteiger partial charge in [0.25, 0.3) is 11.6 Å². The lowest BCUT2D eigenvalue weighted by atomic mass is 10.2. The first kappa shape index (κ1) is 24.0. The van der Waals surface area contributed by atoms with Crippen LogP contribution in [0.1, 0.15) is 12.5 Å². The average Bonchev–Trinajstić information content (AvgIpc) is 3.37. The fraction of sp³-hybridized carbons (Fsp3) is 0.154. The Morgan fingerprint density at radius 1 is 1.03 bits per heavy atom. The predicted octanol–water partition coefficient (Wildman–Crippen LogP) is 6.20. The van der Waals surface area contributed by atoms with Gasteiger partial charge in [-0.05, 0) is 42.4 Å². The molecule has 36 heavy (non-hydrogen) atoms. The summed E-state index contributed by atoms with van der Waals surface area (Å²) < 4.78 is 0. The van der Waals surface area contributed by atoms with E-state index in [4.69, 9.17) is 4.99 Å². The number of thioether (sulfide) groups is 2. The topological polar surface area (TPSA) is 91.1 Å². The SMILES string of the molecule is CCNc1ccc([N+](=O)[O-])cc1N=C1S/C(=C2/Sc3ccccc3N2C)C(=O)N1Cc1ccccc1. The van der Waals surface area contributed by atoms with Gasteiger partial charge in [-0.3, -0.25) is 19.8 Å². The highest BCUT2D eigenvalue weighted by molar-refractivity contribution is 8.19. The van der Waals surface area contributed by atoms with Gasteiger partial charge in [-0.1, -0.05) is 54.2 Å². The maximum Gasteiger partial charge on any atom is 0.271 e. The van der Waals surface area contributed by atoms with Crippen molar-refractivity contribution >= 4 is 57.3 Å². The number of aliphatic imine (C=N–C) groups is 1. The van der Waals surface area contributed by atoms with Crippen LogP contribution in [0.2, 0.25) is 0 Å². The molecular weight excluding hydrogens is 494 g/mol. The van der Waals surface area contributed by atoms with Crippen molar-refractivity contribution in [3.05, 3.63) is 98.4 Å². The van der Waals surface area contributed by atoms with E-state index >= 15 is 0 Å². The molecule has 0 spiro atoms. The third kappa shape index (κ3) is 4.57. The molecule has 1 saturated heterocycles. The number of anilines is 2. The highest BCUT2D eigenvalue weighted by Crippen LogP contribution is 2.50. The van der Waals surface area contributed by atoms with E-state index in [1.54, 1.807) is 22.7 Å². The van der Waals surface area contributed by atoms with Crippen molar-refractivity contribution in [1.29, 1.82) is 0 Å². The summed E-state index contributed by atoms with van der Waals surface area (Å²) >= 11 is 2.86. The number of amidine groups is 1. The van der Waals surface area contributed by atoms with E-state index in [0.29, 0.717) is 34.5 Å². The first-order valence-corrected chi connectivity index (χ1v) is 13.0. The van der Waals surface area contributed by atoms with E-state index in [9.17, 15) is 14.9 Å². The van der Waals surface area contributed by atoms with Crippen molar-refractivity contribution in [1.82, 2.24) is 4.90 Å². The summed E-state index contributed by atoms with van der Waals surface area (Å²) in [6, 6.07) is 22.3. The Morgan fingerprint density at radius 2 is 1.78 bits per heavy atom. The maximum atomic E-state index is 13.8. The largest absolute Gasteiger partial charge is 0.384 e. The summed E-state index contributed by atoms with van der Waals surface area (Å²) in [7, 11) is 1.95. The molecule has 0 radical (unpaired) electrons. The minimum Gasteiger partial charge on any atom is -0.384 e. The quantitative estimate of drug-likeness (QED) is 0.236. The van der Waals surface area contributed by atoms with E-state index in [-0.39, 0.29) is 11.6 Å². The Hall–Kier alpha value is -3.76. The fourth-order valence-electron chi connectivity index (χ4n) is 3.99. The van der Waals surface area contributed by atoms with Gasteiger partial charge in [0, 0.05) is 30.6 Å². The summed E-state index contributed by atoms with van der Waals surface area (Å²) in [6.07, 6.45) is 0. The van der Waals surface area contributed by atoms with Gasteiger partial charge < -0.3 is 10.2 Å². The third-order valence-electron chi connectivity index (χ3n) is 5.75. The van der Waals surface area contributed by atoms with Crippen molar-refractivity contribution < 1.29 is 9.72 Å². The number of fused-ring (bicyclic) bond motifs is 1. The van der Waals surface area contributed by atoms with Crippen molar-refractivity contribution in [3.63, 3.8) is 0 Å². The van der Waals surface area contributed by atoms with Gasteiger partial charge in [0.15, 0.2) is 5.17 Å². The Labute approximate surface area is 217 Å². The summed E-state index contributed by atoms with van der Waals surface area (Å²) in [5, 5.41) is 16.0. The zero-order chi connectivity index (χ0) is 25.2. The number of amides is 1. The molecule has 182 valence electrons. The lowest BCUT2D eigenvalue weighted by Gasteiger charge is -2.17. The van der Waals surface area contributed by atoms with Gasteiger partial charge in [0.2, 0.25) is 0 Å². The second-order valence-corrected chi connectivity index (χ2v) is 10.1. The van der Waals surface area contributed by atoms with Gasteiger partial charge in [0.1, 0.15) is 4.91 Å². The van der Waals surface area contributed by atoms with E-state index in [1.807, 2.05) is 73.5 Å². The van der Waals surface area contributed by atoms with Gasteiger partial charge in [0.05, 0.1) is 33.6 Å². The van der Waals surface area contributed by atoms with E-state index in [2.05, 4.69) is 5.32 Å². The van der Waals surface area contributed by atoms with Crippen molar-refractivity contribution in [2.45, 2.75) is 18.4 Å². The number of carbonyl (C=O) groups is 1. The van der Waals surface area contributed by atoms with Gasteiger partial charge in [-0.25, -0.2) is 4.99 Å². The van der Waals surface area contributed by atoms with Crippen molar-refractivity contribution in [2.75, 3.05) is 23.8 Å². The lowest BCUT2D eigenvalue weighted by molar-refractivity contribution is -0.384. The van der Waals surface area contributed by atoms with Crippen molar-refractivity contribution in [2.24, 2.45) is 4.99 Å². The smallest absolute Gasteiger partial charge is 0.271 e. The molecule has 0 saturated carbocycles. The van der Waals surface area contributed by atoms with Crippen LogP contribution in [0.4, 0.5) is 22.7 Å². The van der Waals surface area contributed by atoms with E-state index in [0.717, 1.165) is 21.2 Å². The number of nitrogens with zero attached hydrogens (tertiary/aromatic N) is 4. The summed E-state index contributed by atoms with van der Waals surface area (Å²) in [5.74, 6) is -0.139. The number of hydrogen-bond donors (Lipinski definition) is 1. The van der Waals surface area contributed by atoms with Crippen LogP contribution < -0.4 is 10.2 Å². The Bertz CT molecular complexity index is 1410. The predicted molar refractivity (Wildman–Crippen MR) is 147 cm³/mol. The summed E-state index contributed by atoms with van der Waals surface area (Å²) in [4.78, 5) is 34.9. The van der Waals surface area contributed by atoms with Crippen LogP contribution in [0, 0.1) is 10.1 Å². The molecule has 10 heteroatoms. The zero-order valence-electron chi connectivity index (χ0n) is 19.7. The number of non-ortho nitro benzene ring substituents is 1. The molecule has 1 fully saturated rings. The van der Waals surface area contributed by atoms with Crippen molar-refractivity contribution in [3.8, 4) is 0 Å². The molecule has 1 amide bonds. The molecule has 2 heterocycles. The molecule has 3 aromatic carbocycles. The number of rotatable bonds is 6. The summed E-state index contributed by atoms with van der Waals surface area (Å²) in [6.45, 7) is 2.92. The lowest BCUT2D eigenvalue weighted by Crippen LogP contribution is -2.29. The molecule has 3 aromatic rings. The molecule has 0 aliphatic carbocycles. The second kappa shape index (κ2) is 10.1. The number of nitro groups is 1. The number of nitro benzene ring substituents is 1. The van der Waals surface area contributed by atoms with E-state index in [1.165, 1.54) is 23.9 Å². The molecule has 0 bridgehead atoms. The number of para-hydroxylation sites is 1. The number of carbonyl (C=O) groups excluding carboxylic acids is 1. The van der Waals surface area contributed by atoms with Gasteiger partial charge >= 0.3 is 0 Å². The van der Waals surface area contributed by atoms with Gasteiger partial charge in [-0.15, -0.1) is 0 Å². The van der Waals surface area contributed by atoms with Crippen LogP contribution in [-0.2, 0) is 11.3 Å². The molecule has 0 unspecified atom stereocenters. The maximum absolute atomic E-state index is 13.8. The second-order valence-electron chi connectivity index (χ2n) is 8.13. The zero-order valence-corrected chi connectivity index (χ0v) is 21.3. The molecule has 0 aromatic heterocycles. The average molecular weight is 518 g/mol. The Kier molecular flexibility index (Phi) is 6.71. The Balaban J connectivity index is 1.60. The van der Waals surface area contributed by atoms with Crippen LogP contribution in [0.3, 0.4) is 0 Å². The third-order valence-corrected chi connectivity index (χ3v) is 8.19. The van der Waals surface area contributed by atoms with Crippen LogP contribution in [0.5, 0.6) is 0 Å². The first-order valence-electron chi connectivity index (χ1n) is 11.4. The number of hydrogen-bond acceptors (Lipinski definition) is 8. The first-order chi connectivity index (χ1) is 17.5. The minimum absolute atomic E-state index is 0.0555. The molecule has 5 rings (SSSR count). The monoisotopic (exact) mass is 517 g/mol. The van der Waals surface area contributed by atoms with Crippen LogP contribution >= 0.6 is 23.5 Å². The fourth-order valence-corrected chi connectivity index (χ4v) is 6.33. The number of nitrogens with one attached hydrogen (secondary N) is 1. The normalized spacial score (nSPS) is 18.2. The molecule has 8 nitrogen and oxygen atoms in total. The standard InChI is InChI=1S/C26H23N5O3S2/c1-3-27-19-14-13-18(31(33)34)15-20(19)28-26-30(16-17-9-5-4-6-10-17)24(32)23(36-26)25-29(2)21-11-7-8-12-22(21)35-25/h4-15,27H,3,16H2,1-2H3/b25-23+,28-26?. The Morgan fingerprint density at radius 3 is 2.50 bits per heavy atom. The summed E-state index contributed by atoms with van der Waals surface area (Å²) in [5.41, 5.74) is 3.05. The molecular formula is C26H23N5O3S2. The highest BCUT2D eigenvalue weighted by Gasteiger charge is 2.39. The molecule has 1 N–H and O–H groups in total. The van der Waals surface area contributed by atoms with Gasteiger partial charge in [-0.2, -0.15) is 0 Å².